The quantitative estimate of drug-likeness (QED) is 0.0900. The highest BCUT2D eigenvalue weighted by molar-refractivity contribution is 6.28. The van der Waals surface area contributed by atoms with Crippen LogP contribution >= 0.6 is 11.6 Å². The number of nitrogens with one attached hydrogen (secondary N) is 3. The summed E-state index contributed by atoms with van der Waals surface area (Å²) in [4.78, 5) is 15.4. The second kappa shape index (κ2) is 16.8. The van der Waals surface area contributed by atoms with Crippen LogP contribution in [-0.2, 0) is 13.0 Å². The van der Waals surface area contributed by atoms with E-state index in [2.05, 4.69) is 68.5 Å². The Labute approximate surface area is 224 Å². The van der Waals surface area contributed by atoms with Gasteiger partial charge in [-0.1, -0.05) is 38.5 Å². The number of imidazole rings is 1. The third kappa shape index (κ3) is 10.3. The van der Waals surface area contributed by atoms with E-state index < -0.39 is 0 Å². The number of nitrogens with two attached hydrogens (primary N) is 1. The first-order valence-electron chi connectivity index (χ1n) is 12.4. The van der Waals surface area contributed by atoms with Crippen molar-refractivity contribution in [2.24, 2.45) is 15.7 Å². The molecular weight excluding hydrogens is 486 g/mol. The molecule has 0 saturated carbocycles. The lowest BCUT2D eigenvalue weighted by atomic mass is 10.2. The molecule has 0 bridgehead atoms. The van der Waals surface area contributed by atoms with Crippen LogP contribution in [0, 0.1) is 0 Å². The van der Waals surface area contributed by atoms with Crippen LogP contribution in [0.3, 0.4) is 0 Å². The molecule has 0 aliphatic carbocycles. The van der Waals surface area contributed by atoms with E-state index in [1.54, 1.807) is 0 Å². The lowest BCUT2D eigenvalue weighted by Crippen LogP contribution is -2.15. The molecule has 37 heavy (non-hydrogen) atoms. The topological polar surface area (TPSA) is 121 Å². The number of H-pyrrole nitrogens is 1. The molecular formula is C27H38ClN9. The van der Waals surface area contributed by atoms with Crippen molar-refractivity contribution in [2.45, 2.75) is 45.6 Å². The Hall–Kier alpha value is -3.85. The largest absolute Gasteiger partial charge is 0.390 e. The number of aryl methyl sites for hydroxylation is 1. The zero-order valence-electron chi connectivity index (χ0n) is 21.6. The number of rotatable bonds is 15. The third-order valence-electron chi connectivity index (χ3n) is 5.36. The van der Waals surface area contributed by atoms with E-state index in [9.17, 15) is 0 Å². The molecule has 2 aromatic heterocycles. The van der Waals surface area contributed by atoms with Crippen molar-refractivity contribution in [3.8, 4) is 0 Å². The Kier molecular flexibility index (Phi) is 13.3. The third-order valence-corrected chi connectivity index (χ3v) is 5.54. The van der Waals surface area contributed by atoms with E-state index in [1.807, 2.05) is 35.1 Å². The number of nitrogens with zero attached hydrogens (tertiary/aromatic N) is 5. The summed E-state index contributed by atoms with van der Waals surface area (Å²) in [7, 11) is 0. The van der Waals surface area contributed by atoms with Gasteiger partial charge in [-0.05, 0) is 54.1 Å². The van der Waals surface area contributed by atoms with E-state index in [0.717, 1.165) is 60.8 Å². The number of unbranched alkanes of at least 4 members (excludes halogenated alkanes) is 2. The lowest BCUT2D eigenvalue weighted by Gasteiger charge is -2.10. The van der Waals surface area contributed by atoms with Gasteiger partial charge in [0.2, 0.25) is 5.28 Å². The Morgan fingerprint density at radius 1 is 1.16 bits per heavy atom. The van der Waals surface area contributed by atoms with E-state index in [0.29, 0.717) is 11.8 Å². The first-order valence-corrected chi connectivity index (χ1v) is 12.8. The normalized spacial score (nSPS) is 11.0. The molecule has 0 unspecified atom stereocenters. The van der Waals surface area contributed by atoms with Gasteiger partial charge in [-0.2, -0.15) is 5.10 Å². The number of hydrogen-bond acceptors (Lipinski definition) is 5. The summed E-state index contributed by atoms with van der Waals surface area (Å²) in [5.74, 6) is 0.723. The van der Waals surface area contributed by atoms with Crippen molar-refractivity contribution in [1.82, 2.24) is 25.1 Å². The average Bonchev–Trinajstić information content (AvgIpc) is 3.52. The Balaban J connectivity index is 0.00000235. The molecule has 2 heterocycles. The van der Waals surface area contributed by atoms with Crippen LogP contribution in [0.25, 0.3) is 5.70 Å². The van der Waals surface area contributed by atoms with E-state index in [-0.39, 0.29) is 0 Å². The molecule has 0 radical (unpaired) electrons. The van der Waals surface area contributed by atoms with Crippen LogP contribution in [0.15, 0.2) is 66.4 Å². The number of aromatic nitrogens is 4. The van der Waals surface area contributed by atoms with Crippen molar-refractivity contribution >= 4 is 41.5 Å². The van der Waals surface area contributed by atoms with Crippen molar-refractivity contribution in [3.05, 3.63) is 78.5 Å². The van der Waals surface area contributed by atoms with E-state index in [4.69, 9.17) is 17.3 Å². The summed E-state index contributed by atoms with van der Waals surface area (Å²) < 4.78 is 1.94. The van der Waals surface area contributed by atoms with E-state index in [1.165, 1.54) is 31.1 Å². The molecule has 5 N–H and O–H groups in total. The Morgan fingerprint density at radius 2 is 1.95 bits per heavy atom. The lowest BCUT2D eigenvalue weighted by molar-refractivity contribution is 0.686. The standard InChI is InChI=1S/C25H34ClN9.C2H4/c1-3-4-5-12-29-19(2)23-24(34-25(26)33-23)30-13-6-7-21-14-32-35(16-21)15-20-8-10-22(11-9-20)31-18-28-17-27;1-2/h8-11,14,16-18,29-30H,2-7,12-13,15H2,1H3,(H,33,34)(H2,27,28,31);1-2H2. The van der Waals surface area contributed by atoms with Gasteiger partial charge >= 0.3 is 0 Å². The maximum absolute atomic E-state index is 6.11. The van der Waals surface area contributed by atoms with Crippen molar-refractivity contribution in [3.63, 3.8) is 0 Å². The first kappa shape index (κ1) is 29.4. The predicted octanol–water partition coefficient (Wildman–Crippen LogP) is 5.55. The van der Waals surface area contributed by atoms with Crippen LogP contribution in [0.1, 0.15) is 49.4 Å². The maximum Gasteiger partial charge on any atom is 0.202 e. The number of halogens is 1. The fourth-order valence-electron chi connectivity index (χ4n) is 3.53. The smallest absolute Gasteiger partial charge is 0.202 e. The van der Waals surface area contributed by atoms with Gasteiger partial charge in [0.15, 0.2) is 5.82 Å². The predicted molar refractivity (Wildman–Crippen MR) is 157 cm³/mol. The second-order valence-electron chi connectivity index (χ2n) is 8.15. The summed E-state index contributed by atoms with van der Waals surface area (Å²) in [6.45, 7) is 14.7. The van der Waals surface area contributed by atoms with Gasteiger partial charge in [0.1, 0.15) is 12.0 Å². The minimum atomic E-state index is 0.351. The molecule has 0 amide bonds. The minimum absolute atomic E-state index is 0.351. The summed E-state index contributed by atoms with van der Waals surface area (Å²) in [5, 5.41) is 11.6. The van der Waals surface area contributed by atoms with Gasteiger partial charge in [-0.25, -0.2) is 15.0 Å². The van der Waals surface area contributed by atoms with Crippen LogP contribution < -0.4 is 16.4 Å². The summed E-state index contributed by atoms with van der Waals surface area (Å²) in [6, 6.07) is 7.95. The van der Waals surface area contributed by atoms with Crippen LogP contribution in [-0.4, -0.2) is 45.5 Å². The molecule has 0 fully saturated rings. The van der Waals surface area contributed by atoms with Gasteiger partial charge in [0.05, 0.1) is 30.5 Å². The molecule has 3 aromatic rings. The van der Waals surface area contributed by atoms with Gasteiger partial charge in [-0.3, -0.25) is 4.68 Å². The molecule has 0 spiro atoms. The molecule has 1 aromatic carbocycles. The van der Waals surface area contributed by atoms with Crippen molar-refractivity contribution in [1.29, 1.82) is 0 Å². The van der Waals surface area contributed by atoms with Gasteiger partial charge in [0.25, 0.3) is 0 Å². The first-order chi connectivity index (χ1) is 18.1. The van der Waals surface area contributed by atoms with Gasteiger partial charge in [0, 0.05) is 19.3 Å². The van der Waals surface area contributed by atoms with Gasteiger partial charge < -0.3 is 21.4 Å². The fourth-order valence-corrected chi connectivity index (χ4v) is 3.71. The Morgan fingerprint density at radius 3 is 2.68 bits per heavy atom. The monoisotopic (exact) mass is 523 g/mol. The van der Waals surface area contributed by atoms with Crippen LogP contribution in [0.4, 0.5) is 11.5 Å². The number of aromatic amines is 1. The van der Waals surface area contributed by atoms with Crippen LogP contribution in [0.5, 0.6) is 0 Å². The number of hydrogen-bond donors (Lipinski definition) is 4. The molecule has 9 nitrogen and oxygen atoms in total. The zero-order chi connectivity index (χ0) is 26.9. The minimum Gasteiger partial charge on any atom is -0.390 e. The summed E-state index contributed by atoms with van der Waals surface area (Å²) in [6.07, 6.45) is 12.0. The van der Waals surface area contributed by atoms with E-state index >= 15 is 0 Å². The highest BCUT2D eigenvalue weighted by Gasteiger charge is 2.12. The molecule has 0 aliphatic heterocycles. The second-order valence-corrected chi connectivity index (χ2v) is 8.51. The zero-order valence-corrected chi connectivity index (χ0v) is 22.3. The Bertz CT molecular complexity index is 1130. The average molecular weight is 524 g/mol. The van der Waals surface area contributed by atoms with Gasteiger partial charge in [-0.15, -0.1) is 13.2 Å². The number of anilines is 1. The molecule has 198 valence electrons. The summed E-state index contributed by atoms with van der Waals surface area (Å²) >= 11 is 6.11. The molecule has 0 atom stereocenters. The molecule has 0 aliphatic rings. The highest BCUT2D eigenvalue weighted by Crippen LogP contribution is 2.21. The molecule has 3 rings (SSSR count). The fraction of sp³-hybridized carbons (Fsp3) is 0.333. The molecule has 0 saturated heterocycles. The highest BCUT2D eigenvalue weighted by atomic mass is 35.5. The SMILES string of the molecule is C=C.C=C(NCCCCC)c1[nH]c(Cl)nc1NCCCc1cnn(Cc2ccc(N=CN=CN)cc2)c1. The molecule has 10 heteroatoms. The number of aliphatic imine (C=N–C) groups is 2. The number of benzene rings is 1. The maximum atomic E-state index is 6.11. The van der Waals surface area contributed by atoms with Crippen molar-refractivity contribution < 1.29 is 0 Å². The van der Waals surface area contributed by atoms with Crippen molar-refractivity contribution in [2.75, 3.05) is 18.4 Å². The summed E-state index contributed by atoms with van der Waals surface area (Å²) in [5.41, 5.74) is 9.97. The van der Waals surface area contributed by atoms with Crippen LogP contribution in [0.2, 0.25) is 5.28 Å².